The third-order valence-electron chi connectivity index (χ3n) is 3.51. The van der Waals surface area contributed by atoms with Crippen LogP contribution in [0.15, 0.2) is 12.1 Å². The zero-order valence-electron chi connectivity index (χ0n) is 11.7. The topological polar surface area (TPSA) is 71.6 Å². The minimum absolute atomic E-state index is 0.0854. The Kier molecular flexibility index (Phi) is 4.29. The molecule has 5 nitrogen and oxygen atoms in total. The van der Waals surface area contributed by atoms with Crippen molar-refractivity contribution in [2.75, 3.05) is 37.4 Å². The number of hydrogen-bond donors (Lipinski definition) is 2. The molecule has 0 aliphatic carbocycles. The first kappa shape index (κ1) is 15.8. The molecule has 0 unspecified atom stereocenters. The van der Waals surface area contributed by atoms with Crippen LogP contribution in [0, 0.1) is 0 Å². The van der Waals surface area contributed by atoms with Crippen molar-refractivity contribution in [1.29, 1.82) is 0 Å². The van der Waals surface area contributed by atoms with Gasteiger partial charge in [0.25, 0.3) is 0 Å². The van der Waals surface area contributed by atoms with Gasteiger partial charge in [0.15, 0.2) is 0 Å². The Hall–Kier alpha value is -1.54. The van der Waals surface area contributed by atoms with E-state index in [2.05, 4.69) is 4.98 Å². The Morgan fingerprint density at radius 3 is 2.57 bits per heavy atom. The van der Waals surface area contributed by atoms with Gasteiger partial charge in [-0.15, -0.1) is 0 Å². The summed E-state index contributed by atoms with van der Waals surface area (Å²) in [6.45, 7) is 1.04. The van der Waals surface area contributed by atoms with E-state index in [9.17, 15) is 18.3 Å². The summed E-state index contributed by atoms with van der Waals surface area (Å²) in [5, 5.41) is 10.4. The molecule has 1 fully saturated rings. The van der Waals surface area contributed by atoms with Gasteiger partial charge in [0.2, 0.25) is 0 Å². The number of aliphatic hydroxyl groups is 1. The van der Waals surface area contributed by atoms with Gasteiger partial charge in [0.1, 0.15) is 11.6 Å². The molecule has 0 saturated carbocycles. The lowest BCUT2D eigenvalue weighted by molar-refractivity contribution is -0.137. The Morgan fingerprint density at radius 1 is 1.38 bits per heavy atom. The molecule has 118 valence electrons. The first-order valence-corrected chi connectivity index (χ1v) is 6.56. The van der Waals surface area contributed by atoms with Gasteiger partial charge in [-0.25, -0.2) is 4.98 Å². The number of hydrogen-bond acceptors (Lipinski definition) is 5. The minimum atomic E-state index is -4.48. The molecular weight excluding hydrogens is 287 g/mol. The van der Waals surface area contributed by atoms with Crippen molar-refractivity contribution in [3.05, 3.63) is 17.7 Å². The lowest BCUT2D eigenvalue weighted by Crippen LogP contribution is -2.46. The second-order valence-electron chi connectivity index (χ2n) is 5.33. The van der Waals surface area contributed by atoms with Crippen LogP contribution in [0.5, 0.6) is 0 Å². The van der Waals surface area contributed by atoms with E-state index in [1.807, 2.05) is 0 Å². The second kappa shape index (κ2) is 5.69. The summed E-state index contributed by atoms with van der Waals surface area (Å²) in [5.74, 6) is -0.118. The van der Waals surface area contributed by atoms with Gasteiger partial charge in [0, 0.05) is 39.6 Å². The van der Waals surface area contributed by atoms with E-state index in [1.165, 1.54) is 4.90 Å². The Bertz CT molecular complexity index is 502. The van der Waals surface area contributed by atoms with Gasteiger partial charge >= 0.3 is 6.18 Å². The van der Waals surface area contributed by atoms with Gasteiger partial charge in [-0.2, -0.15) is 13.2 Å². The van der Waals surface area contributed by atoms with Crippen molar-refractivity contribution in [2.45, 2.75) is 24.6 Å². The molecular formula is C13H18F3N3O2. The predicted octanol–water partition coefficient (Wildman–Crippen LogP) is 1.66. The quantitative estimate of drug-likeness (QED) is 0.888. The molecule has 2 heterocycles. The summed E-state index contributed by atoms with van der Waals surface area (Å²) in [7, 11) is 1.58. The van der Waals surface area contributed by atoms with Crippen LogP contribution in [0.3, 0.4) is 0 Å². The SMILES string of the molecule is CN(CC1(O)CCOCC1)c1cc(C(F)(F)F)cc(N)n1. The average Bonchev–Trinajstić information content (AvgIpc) is 2.37. The van der Waals surface area contributed by atoms with Crippen LogP contribution in [0.1, 0.15) is 18.4 Å². The second-order valence-corrected chi connectivity index (χ2v) is 5.33. The van der Waals surface area contributed by atoms with E-state index in [-0.39, 0.29) is 18.2 Å². The van der Waals surface area contributed by atoms with Gasteiger partial charge in [-0.05, 0) is 12.1 Å². The van der Waals surface area contributed by atoms with E-state index in [0.29, 0.717) is 26.1 Å². The number of alkyl halides is 3. The van der Waals surface area contributed by atoms with Crippen molar-refractivity contribution in [1.82, 2.24) is 4.98 Å². The van der Waals surface area contributed by atoms with Crippen LogP contribution in [0.2, 0.25) is 0 Å². The fourth-order valence-corrected chi connectivity index (χ4v) is 2.33. The molecule has 1 aromatic heterocycles. The maximum Gasteiger partial charge on any atom is 0.416 e. The highest BCUT2D eigenvalue weighted by Crippen LogP contribution is 2.32. The van der Waals surface area contributed by atoms with Crippen molar-refractivity contribution in [2.24, 2.45) is 0 Å². The molecule has 8 heteroatoms. The Balaban J connectivity index is 2.19. The van der Waals surface area contributed by atoms with E-state index in [4.69, 9.17) is 10.5 Å². The fraction of sp³-hybridized carbons (Fsp3) is 0.615. The number of halogens is 3. The van der Waals surface area contributed by atoms with Crippen LogP contribution in [-0.2, 0) is 10.9 Å². The summed E-state index contributed by atoms with van der Waals surface area (Å²) in [5.41, 5.74) is 3.60. The molecule has 0 amide bonds. The third kappa shape index (κ3) is 3.98. The lowest BCUT2D eigenvalue weighted by atomic mass is 9.94. The lowest BCUT2D eigenvalue weighted by Gasteiger charge is -2.36. The monoisotopic (exact) mass is 305 g/mol. The van der Waals surface area contributed by atoms with Crippen LogP contribution >= 0.6 is 0 Å². The summed E-state index contributed by atoms with van der Waals surface area (Å²) >= 11 is 0. The third-order valence-corrected chi connectivity index (χ3v) is 3.51. The van der Waals surface area contributed by atoms with Crippen molar-refractivity contribution < 1.29 is 23.0 Å². The number of anilines is 2. The number of likely N-dealkylation sites (N-methyl/N-ethyl adjacent to an activating group) is 1. The standard InChI is InChI=1S/C13H18F3N3O2/c1-19(8-12(20)2-4-21-5-3-12)11-7-9(13(14,15)16)6-10(17)18-11/h6-7,20H,2-5,8H2,1H3,(H2,17,18). The number of aromatic nitrogens is 1. The predicted molar refractivity (Wildman–Crippen MR) is 71.9 cm³/mol. The van der Waals surface area contributed by atoms with Crippen molar-refractivity contribution >= 4 is 11.6 Å². The van der Waals surface area contributed by atoms with Crippen LogP contribution < -0.4 is 10.6 Å². The van der Waals surface area contributed by atoms with E-state index < -0.39 is 17.3 Å². The molecule has 1 aromatic rings. The van der Waals surface area contributed by atoms with Gasteiger partial charge in [0.05, 0.1) is 11.2 Å². The first-order chi connectivity index (χ1) is 9.70. The molecule has 0 aromatic carbocycles. The number of nitrogens with two attached hydrogens (primary N) is 1. The number of nitrogen functional groups attached to an aromatic ring is 1. The number of nitrogens with zero attached hydrogens (tertiary/aromatic N) is 2. The Labute approximate surface area is 120 Å². The maximum atomic E-state index is 12.8. The summed E-state index contributed by atoms with van der Waals surface area (Å²) < 4.78 is 43.5. The van der Waals surface area contributed by atoms with E-state index in [1.54, 1.807) is 7.05 Å². The van der Waals surface area contributed by atoms with E-state index in [0.717, 1.165) is 12.1 Å². The molecule has 1 saturated heterocycles. The molecule has 0 atom stereocenters. The maximum absolute atomic E-state index is 12.8. The molecule has 1 aliphatic heterocycles. The van der Waals surface area contributed by atoms with Gasteiger partial charge in [-0.3, -0.25) is 0 Å². The molecule has 0 spiro atoms. The van der Waals surface area contributed by atoms with Crippen LogP contribution in [0.25, 0.3) is 0 Å². The molecule has 0 bridgehead atoms. The number of pyridine rings is 1. The number of ether oxygens (including phenoxy) is 1. The molecule has 1 aliphatic rings. The van der Waals surface area contributed by atoms with Gasteiger partial charge in [-0.1, -0.05) is 0 Å². The van der Waals surface area contributed by atoms with Gasteiger partial charge < -0.3 is 20.5 Å². The minimum Gasteiger partial charge on any atom is -0.388 e. The normalized spacial score (nSPS) is 18.5. The highest BCUT2D eigenvalue weighted by Gasteiger charge is 2.34. The zero-order valence-corrected chi connectivity index (χ0v) is 11.7. The molecule has 3 N–H and O–H groups in total. The zero-order chi connectivity index (χ0) is 15.7. The molecule has 21 heavy (non-hydrogen) atoms. The van der Waals surface area contributed by atoms with Crippen LogP contribution in [0.4, 0.5) is 24.8 Å². The average molecular weight is 305 g/mol. The summed E-state index contributed by atoms with van der Waals surface area (Å²) in [6.07, 6.45) is -3.61. The summed E-state index contributed by atoms with van der Waals surface area (Å²) in [4.78, 5) is 5.39. The number of rotatable bonds is 3. The molecule has 0 radical (unpaired) electrons. The highest BCUT2D eigenvalue weighted by molar-refractivity contribution is 5.49. The molecule has 2 rings (SSSR count). The fourth-order valence-electron chi connectivity index (χ4n) is 2.33. The first-order valence-electron chi connectivity index (χ1n) is 6.56. The Morgan fingerprint density at radius 2 is 2.00 bits per heavy atom. The smallest absolute Gasteiger partial charge is 0.388 e. The summed E-state index contributed by atoms with van der Waals surface area (Å²) in [6, 6.07) is 1.72. The van der Waals surface area contributed by atoms with Crippen LogP contribution in [-0.4, -0.2) is 42.5 Å². The van der Waals surface area contributed by atoms with Crippen molar-refractivity contribution in [3.63, 3.8) is 0 Å². The largest absolute Gasteiger partial charge is 0.416 e. The van der Waals surface area contributed by atoms with E-state index >= 15 is 0 Å². The highest BCUT2D eigenvalue weighted by atomic mass is 19.4. The van der Waals surface area contributed by atoms with Crippen molar-refractivity contribution in [3.8, 4) is 0 Å².